The summed E-state index contributed by atoms with van der Waals surface area (Å²) in [5.41, 5.74) is 0. The molecule has 0 amide bonds. The molecule has 0 N–H and O–H groups in total. The SMILES string of the molecule is CC(C)C.C[SiH](C)Cl. The van der Waals surface area contributed by atoms with E-state index in [-0.39, 0.29) is 0 Å². The summed E-state index contributed by atoms with van der Waals surface area (Å²) in [6.07, 6.45) is 0. The van der Waals surface area contributed by atoms with E-state index in [0.29, 0.717) is 0 Å². The van der Waals surface area contributed by atoms with Crippen LogP contribution in [-0.4, -0.2) is 8.11 Å². The Labute approximate surface area is 59.6 Å². The Balaban J connectivity index is 0. The van der Waals surface area contributed by atoms with Gasteiger partial charge in [0, 0.05) is 0 Å². The maximum absolute atomic E-state index is 5.41. The zero-order chi connectivity index (χ0) is 7.15. The molecule has 0 saturated carbocycles. The second-order valence-corrected chi connectivity index (χ2v) is 7.39. The van der Waals surface area contributed by atoms with Crippen LogP contribution < -0.4 is 0 Å². The van der Waals surface area contributed by atoms with Crippen LogP contribution in [-0.2, 0) is 0 Å². The molecule has 0 saturated heterocycles. The fourth-order valence-electron chi connectivity index (χ4n) is 0. The number of hydrogen-bond acceptors (Lipinski definition) is 0. The van der Waals surface area contributed by atoms with Crippen LogP contribution in [0.4, 0.5) is 0 Å². The Bertz CT molecular complexity index is 24.0. The first-order valence-electron chi connectivity index (χ1n) is 3.10. The van der Waals surface area contributed by atoms with Crippen LogP contribution in [0.2, 0.25) is 13.1 Å². The summed E-state index contributed by atoms with van der Waals surface area (Å²) in [6.45, 7) is 10.6. The maximum Gasteiger partial charge on any atom is 0.134 e. The molecule has 0 spiro atoms. The van der Waals surface area contributed by atoms with Crippen molar-refractivity contribution in [1.82, 2.24) is 0 Å². The summed E-state index contributed by atoms with van der Waals surface area (Å²) in [4.78, 5) is 0. The Morgan fingerprint density at radius 3 is 1.12 bits per heavy atom. The van der Waals surface area contributed by atoms with Crippen LogP contribution in [0.15, 0.2) is 0 Å². The van der Waals surface area contributed by atoms with Crippen LogP contribution >= 0.6 is 11.1 Å². The number of halogens is 1. The molecule has 0 aliphatic carbocycles. The highest BCUT2D eigenvalue weighted by molar-refractivity contribution is 7.05. The van der Waals surface area contributed by atoms with Crippen molar-refractivity contribution in [2.75, 3.05) is 0 Å². The van der Waals surface area contributed by atoms with Gasteiger partial charge in [-0.3, -0.25) is 0 Å². The van der Waals surface area contributed by atoms with E-state index < -0.39 is 8.11 Å². The van der Waals surface area contributed by atoms with Crippen molar-refractivity contribution in [3.8, 4) is 0 Å². The average Bonchev–Trinajstić information content (AvgIpc) is 1.25. The van der Waals surface area contributed by atoms with Crippen LogP contribution in [0.3, 0.4) is 0 Å². The fourth-order valence-corrected chi connectivity index (χ4v) is 0. The Kier molecular flexibility index (Phi) is 10.6. The van der Waals surface area contributed by atoms with Crippen molar-refractivity contribution in [2.45, 2.75) is 33.9 Å². The summed E-state index contributed by atoms with van der Waals surface area (Å²) < 4.78 is 0. The molecule has 0 fully saturated rings. The van der Waals surface area contributed by atoms with Crippen molar-refractivity contribution in [3.05, 3.63) is 0 Å². The predicted molar refractivity (Wildman–Crippen MR) is 45.2 cm³/mol. The molecule has 0 unspecified atom stereocenters. The lowest BCUT2D eigenvalue weighted by Gasteiger charge is -1.79. The minimum Gasteiger partial charge on any atom is -0.172 e. The molecule has 0 aromatic carbocycles. The molecule has 0 aromatic heterocycles. The molecule has 0 aliphatic rings. The lowest BCUT2D eigenvalue weighted by Crippen LogP contribution is -1.78. The van der Waals surface area contributed by atoms with Crippen LogP contribution in [0.25, 0.3) is 0 Å². The molecule has 52 valence electrons. The van der Waals surface area contributed by atoms with Crippen molar-refractivity contribution < 1.29 is 0 Å². The van der Waals surface area contributed by atoms with E-state index in [0.717, 1.165) is 5.92 Å². The van der Waals surface area contributed by atoms with Crippen molar-refractivity contribution >= 4 is 19.2 Å². The first kappa shape index (κ1) is 11.3. The Morgan fingerprint density at radius 1 is 1.12 bits per heavy atom. The first-order valence-corrected chi connectivity index (χ1v) is 7.16. The van der Waals surface area contributed by atoms with Gasteiger partial charge >= 0.3 is 0 Å². The van der Waals surface area contributed by atoms with Gasteiger partial charge in [0.25, 0.3) is 0 Å². The molecule has 2 heteroatoms. The minimum atomic E-state index is -0.667. The van der Waals surface area contributed by atoms with Gasteiger partial charge in [0.05, 0.1) is 0 Å². The van der Waals surface area contributed by atoms with Crippen LogP contribution in [0, 0.1) is 5.92 Å². The fraction of sp³-hybridized carbons (Fsp3) is 1.00. The standard InChI is InChI=1S/C4H10.C2H7ClSi/c2*1-4(2)3/h4H,1-3H3;4H,1-2H3. The van der Waals surface area contributed by atoms with Gasteiger partial charge in [-0.2, -0.15) is 11.1 Å². The molecule has 0 aromatic rings. The molecule has 0 bridgehead atoms. The third-order valence-electron chi connectivity index (χ3n) is 0. The second-order valence-electron chi connectivity index (χ2n) is 2.75. The van der Waals surface area contributed by atoms with E-state index in [2.05, 4.69) is 33.9 Å². The monoisotopic (exact) mass is 152 g/mol. The molecular formula is C6H17ClSi. The smallest absolute Gasteiger partial charge is 0.134 e. The van der Waals surface area contributed by atoms with Crippen molar-refractivity contribution in [2.24, 2.45) is 5.92 Å². The molecule has 8 heavy (non-hydrogen) atoms. The predicted octanol–water partition coefficient (Wildman–Crippen LogP) is 2.87. The minimum absolute atomic E-state index is 0.667. The summed E-state index contributed by atoms with van der Waals surface area (Å²) in [7, 11) is -0.667. The zero-order valence-corrected chi connectivity index (χ0v) is 8.44. The van der Waals surface area contributed by atoms with Gasteiger partial charge in [0.15, 0.2) is 0 Å². The molecular weight excluding hydrogens is 136 g/mol. The molecule has 0 heterocycles. The molecule has 0 atom stereocenters. The highest BCUT2D eigenvalue weighted by Gasteiger charge is 1.76. The van der Waals surface area contributed by atoms with Crippen molar-refractivity contribution in [1.29, 1.82) is 0 Å². The van der Waals surface area contributed by atoms with E-state index in [9.17, 15) is 0 Å². The van der Waals surface area contributed by atoms with E-state index in [1.807, 2.05) is 0 Å². The Hall–Kier alpha value is 0.507. The molecule has 0 nitrogen and oxygen atoms in total. The van der Waals surface area contributed by atoms with E-state index in [1.54, 1.807) is 0 Å². The van der Waals surface area contributed by atoms with E-state index in [1.165, 1.54) is 0 Å². The number of hydrogen-bond donors (Lipinski definition) is 0. The summed E-state index contributed by atoms with van der Waals surface area (Å²) in [6, 6.07) is 0. The third kappa shape index (κ3) is 768. The second kappa shape index (κ2) is 7.51. The molecule has 0 aliphatic heterocycles. The van der Waals surface area contributed by atoms with Gasteiger partial charge in [-0.05, 0) is 5.92 Å². The molecule has 0 rings (SSSR count). The van der Waals surface area contributed by atoms with Crippen molar-refractivity contribution in [3.63, 3.8) is 0 Å². The van der Waals surface area contributed by atoms with E-state index >= 15 is 0 Å². The molecule has 0 radical (unpaired) electrons. The summed E-state index contributed by atoms with van der Waals surface area (Å²) >= 11 is 5.41. The van der Waals surface area contributed by atoms with E-state index in [4.69, 9.17) is 11.1 Å². The van der Waals surface area contributed by atoms with Gasteiger partial charge in [-0.25, -0.2) is 0 Å². The third-order valence-corrected chi connectivity index (χ3v) is 0. The summed E-state index contributed by atoms with van der Waals surface area (Å²) in [5.74, 6) is 0.833. The number of rotatable bonds is 0. The van der Waals surface area contributed by atoms with Gasteiger partial charge in [-0.15, -0.1) is 0 Å². The highest BCUT2D eigenvalue weighted by Crippen LogP contribution is 1.81. The summed E-state index contributed by atoms with van der Waals surface area (Å²) in [5, 5.41) is 0. The van der Waals surface area contributed by atoms with Gasteiger partial charge in [0.1, 0.15) is 8.11 Å². The van der Waals surface area contributed by atoms with Crippen LogP contribution in [0.5, 0.6) is 0 Å². The van der Waals surface area contributed by atoms with Crippen LogP contribution in [0.1, 0.15) is 20.8 Å². The topological polar surface area (TPSA) is 0 Å². The lowest BCUT2D eigenvalue weighted by atomic mass is 10.3. The normalized spacial score (nSPS) is 9.00. The van der Waals surface area contributed by atoms with Gasteiger partial charge in [-0.1, -0.05) is 33.9 Å². The quantitative estimate of drug-likeness (QED) is 0.370. The first-order chi connectivity index (χ1) is 3.46. The zero-order valence-electron chi connectivity index (χ0n) is 6.53. The van der Waals surface area contributed by atoms with Gasteiger partial charge < -0.3 is 0 Å². The Morgan fingerprint density at radius 2 is 1.12 bits per heavy atom. The largest absolute Gasteiger partial charge is 0.172 e. The lowest BCUT2D eigenvalue weighted by molar-refractivity contribution is 0.737. The van der Waals surface area contributed by atoms with Gasteiger partial charge in [0.2, 0.25) is 0 Å². The highest BCUT2D eigenvalue weighted by atomic mass is 35.6. The maximum atomic E-state index is 5.41. The average molecular weight is 153 g/mol.